The Hall–Kier alpha value is -4.05. The third-order valence-corrected chi connectivity index (χ3v) is 5.96. The van der Waals surface area contributed by atoms with E-state index >= 15 is 0 Å². The summed E-state index contributed by atoms with van der Waals surface area (Å²) in [5.74, 6) is 0.113. The zero-order valence-electron chi connectivity index (χ0n) is 19.0. The van der Waals surface area contributed by atoms with E-state index in [9.17, 15) is 18.0 Å². The molecule has 0 radical (unpaired) electrons. The van der Waals surface area contributed by atoms with Gasteiger partial charge in [0.15, 0.2) is 11.5 Å². The summed E-state index contributed by atoms with van der Waals surface area (Å²) in [5.41, 5.74) is 6.37. The molecule has 10 heteroatoms. The summed E-state index contributed by atoms with van der Waals surface area (Å²) in [7, 11) is -2.68. The number of carbonyl (C=O) groups excluding carboxylic acids is 2. The average Bonchev–Trinajstić information content (AvgIpc) is 3.14. The van der Waals surface area contributed by atoms with E-state index in [0.717, 1.165) is 5.56 Å². The minimum Gasteiger partial charge on any atom is -0.493 e. The predicted molar refractivity (Wildman–Crippen MR) is 125 cm³/mol. The molecule has 0 aliphatic rings. The SMILES string of the molecule is COc1cc(/C=C/C(=O)NNC(=O)c2cc(C)oc2C)ccc1OS(=O)(=O)c1ccc(C)cc1. The highest BCUT2D eigenvalue weighted by atomic mass is 32.2. The van der Waals surface area contributed by atoms with Crippen LogP contribution in [-0.2, 0) is 14.9 Å². The highest BCUT2D eigenvalue weighted by Gasteiger charge is 2.19. The summed E-state index contributed by atoms with van der Waals surface area (Å²) in [6, 6.07) is 12.3. The van der Waals surface area contributed by atoms with Crippen LogP contribution in [0.3, 0.4) is 0 Å². The Morgan fingerprint density at radius 3 is 2.26 bits per heavy atom. The number of hydrazine groups is 1. The van der Waals surface area contributed by atoms with Crippen LogP contribution in [0.15, 0.2) is 63.9 Å². The molecule has 3 rings (SSSR count). The Morgan fingerprint density at radius 2 is 1.65 bits per heavy atom. The van der Waals surface area contributed by atoms with E-state index in [-0.39, 0.29) is 16.4 Å². The molecule has 2 aromatic carbocycles. The van der Waals surface area contributed by atoms with Crippen molar-refractivity contribution in [2.45, 2.75) is 25.7 Å². The van der Waals surface area contributed by atoms with Crippen LogP contribution in [0.1, 0.15) is 33.0 Å². The van der Waals surface area contributed by atoms with Crippen LogP contribution in [0.4, 0.5) is 0 Å². The van der Waals surface area contributed by atoms with Crippen molar-refractivity contribution in [3.63, 3.8) is 0 Å². The van der Waals surface area contributed by atoms with Gasteiger partial charge in [-0.2, -0.15) is 8.42 Å². The maximum atomic E-state index is 12.5. The van der Waals surface area contributed by atoms with Crippen molar-refractivity contribution in [3.8, 4) is 11.5 Å². The Balaban J connectivity index is 1.65. The number of carbonyl (C=O) groups is 2. The fourth-order valence-electron chi connectivity index (χ4n) is 2.98. The van der Waals surface area contributed by atoms with Gasteiger partial charge in [0, 0.05) is 6.08 Å². The normalized spacial score (nSPS) is 11.3. The summed E-state index contributed by atoms with van der Waals surface area (Å²) in [4.78, 5) is 24.2. The van der Waals surface area contributed by atoms with Crippen molar-refractivity contribution in [3.05, 3.63) is 82.8 Å². The first kappa shape index (κ1) is 24.6. The first-order chi connectivity index (χ1) is 16.1. The van der Waals surface area contributed by atoms with Crippen LogP contribution in [0.5, 0.6) is 11.5 Å². The van der Waals surface area contributed by atoms with Gasteiger partial charge in [0.25, 0.3) is 11.8 Å². The molecule has 0 aliphatic carbocycles. The summed E-state index contributed by atoms with van der Waals surface area (Å²) >= 11 is 0. The van der Waals surface area contributed by atoms with E-state index in [1.807, 2.05) is 6.92 Å². The van der Waals surface area contributed by atoms with E-state index in [1.165, 1.54) is 43.5 Å². The molecule has 0 bridgehead atoms. The third kappa shape index (κ3) is 6.04. The number of aryl methyl sites for hydroxylation is 3. The first-order valence-corrected chi connectivity index (χ1v) is 11.5. The highest BCUT2D eigenvalue weighted by molar-refractivity contribution is 7.87. The standard InChI is InChI=1S/C24H24N2O7S/c1-15-5-9-19(10-6-15)34(29,30)33-21-11-7-18(14-22(21)31-4)8-12-23(27)25-26-24(28)20-13-16(2)32-17(20)3/h5-14H,1-4H3,(H,25,27)(H,26,28)/b12-8+. The van der Waals surface area contributed by atoms with Gasteiger partial charge in [-0.25, -0.2) is 0 Å². The molecule has 0 atom stereocenters. The zero-order valence-corrected chi connectivity index (χ0v) is 19.9. The second-order valence-corrected chi connectivity index (χ2v) is 8.91. The molecular formula is C24H24N2O7S. The largest absolute Gasteiger partial charge is 0.493 e. The molecule has 34 heavy (non-hydrogen) atoms. The summed E-state index contributed by atoms with van der Waals surface area (Å²) in [5, 5.41) is 0. The maximum Gasteiger partial charge on any atom is 0.339 e. The minimum absolute atomic E-state index is 0.00251. The van der Waals surface area contributed by atoms with E-state index in [0.29, 0.717) is 22.6 Å². The molecule has 178 valence electrons. The fraction of sp³-hybridized carbons (Fsp3) is 0.167. The molecular weight excluding hydrogens is 460 g/mol. The highest BCUT2D eigenvalue weighted by Crippen LogP contribution is 2.31. The van der Waals surface area contributed by atoms with Gasteiger partial charge in [-0.05, 0) is 62.7 Å². The van der Waals surface area contributed by atoms with Crippen molar-refractivity contribution in [2.75, 3.05) is 7.11 Å². The summed E-state index contributed by atoms with van der Waals surface area (Å²) in [6.07, 6.45) is 2.67. The lowest BCUT2D eigenvalue weighted by Gasteiger charge is -2.11. The molecule has 2 N–H and O–H groups in total. The number of hydrogen-bond donors (Lipinski definition) is 2. The van der Waals surface area contributed by atoms with Crippen molar-refractivity contribution < 1.29 is 31.3 Å². The average molecular weight is 485 g/mol. The monoisotopic (exact) mass is 484 g/mol. The van der Waals surface area contributed by atoms with Gasteiger partial charge in [-0.1, -0.05) is 23.8 Å². The lowest BCUT2D eigenvalue weighted by atomic mass is 10.2. The number of methoxy groups -OCH3 is 1. The molecule has 0 aliphatic heterocycles. The van der Waals surface area contributed by atoms with E-state index in [2.05, 4.69) is 10.9 Å². The molecule has 0 saturated carbocycles. The molecule has 9 nitrogen and oxygen atoms in total. The molecule has 0 fully saturated rings. The molecule has 0 saturated heterocycles. The number of amides is 2. The Labute approximate surface area is 197 Å². The number of ether oxygens (including phenoxy) is 1. The lowest BCUT2D eigenvalue weighted by Crippen LogP contribution is -2.40. The van der Waals surface area contributed by atoms with Gasteiger partial charge in [0.05, 0.1) is 12.7 Å². The second-order valence-electron chi connectivity index (χ2n) is 7.36. The predicted octanol–water partition coefficient (Wildman–Crippen LogP) is 3.46. The van der Waals surface area contributed by atoms with Crippen LogP contribution < -0.4 is 19.8 Å². The van der Waals surface area contributed by atoms with Crippen LogP contribution >= 0.6 is 0 Å². The third-order valence-electron chi connectivity index (χ3n) is 4.71. The molecule has 2 amide bonds. The van der Waals surface area contributed by atoms with Crippen molar-refractivity contribution >= 4 is 28.0 Å². The minimum atomic E-state index is -4.05. The van der Waals surface area contributed by atoms with Gasteiger partial charge in [0.1, 0.15) is 16.4 Å². The van der Waals surface area contributed by atoms with Crippen LogP contribution in [-0.4, -0.2) is 27.3 Å². The maximum absolute atomic E-state index is 12.5. The van der Waals surface area contributed by atoms with Crippen LogP contribution in [0, 0.1) is 20.8 Å². The van der Waals surface area contributed by atoms with Crippen molar-refractivity contribution in [1.82, 2.24) is 10.9 Å². The number of rotatable bonds is 7. The Morgan fingerprint density at radius 1 is 0.941 bits per heavy atom. The van der Waals surface area contributed by atoms with Crippen LogP contribution in [0.2, 0.25) is 0 Å². The van der Waals surface area contributed by atoms with Gasteiger partial charge in [-0.15, -0.1) is 0 Å². The van der Waals surface area contributed by atoms with Gasteiger partial charge >= 0.3 is 10.1 Å². The lowest BCUT2D eigenvalue weighted by molar-refractivity contribution is -0.117. The topological polar surface area (TPSA) is 124 Å². The van der Waals surface area contributed by atoms with Crippen molar-refractivity contribution in [2.24, 2.45) is 0 Å². The Kier molecular flexibility index (Phi) is 7.42. The van der Waals surface area contributed by atoms with E-state index < -0.39 is 21.9 Å². The summed E-state index contributed by atoms with van der Waals surface area (Å²) < 4.78 is 40.9. The first-order valence-electron chi connectivity index (χ1n) is 10.1. The molecule has 1 aromatic heterocycles. The number of benzene rings is 2. The van der Waals surface area contributed by atoms with Gasteiger partial charge in [-0.3, -0.25) is 20.4 Å². The molecule has 0 unspecified atom stereocenters. The van der Waals surface area contributed by atoms with E-state index in [4.69, 9.17) is 13.3 Å². The fourth-order valence-corrected chi connectivity index (χ4v) is 3.92. The smallest absolute Gasteiger partial charge is 0.339 e. The van der Waals surface area contributed by atoms with Crippen molar-refractivity contribution in [1.29, 1.82) is 0 Å². The van der Waals surface area contributed by atoms with Gasteiger partial charge in [0.2, 0.25) is 0 Å². The van der Waals surface area contributed by atoms with E-state index in [1.54, 1.807) is 38.1 Å². The molecule has 0 spiro atoms. The molecule has 3 aromatic rings. The molecule has 1 heterocycles. The second kappa shape index (κ2) is 10.3. The Bertz CT molecular complexity index is 1340. The number of hydrogen-bond acceptors (Lipinski definition) is 7. The number of nitrogens with one attached hydrogen (secondary N) is 2. The number of furan rings is 1. The van der Waals surface area contributed by atoms with Crippen LogP contribution in [0.25, 0.3) is 6.08 Å². The quantitative estimate of drug-likeness (QED) is 0.299. The van der Waals surface area contributed by atoms with Gasteiger partial charge < -0.3 is 13.3 Å². The zero-order chi connectivity index (χ0) is 24.9. The summed E-state index contributed by atoms with van der Waals surface area (Å²) in [6.45, 7) is 5.21.